The summed E-state index contributed by atoms with van der Waals surface area (Å²) in [5.74, 6) is -0.482. The quantitative estimate of drug-likeness (QED) is 0.842. The number of aliphatic carboxylic acids is 1. The molecule has 0 aliphatic heterocycles. The van der Waals surface area contributed by atoms with Crippen molar-refractivity contribution in [3.05, 3.63) is 16.8 Å². The van der Waals surface area contributed by atoms with E-state index in [1.807, 2.05) is 16.8 Å². The molecule has 78 valence electrons. The van der Waals surface area contributed by atoms with E-state index in [0.717, 1.165) is 5.56 Å². The van der Waals surface area contributed by atoms with Gasteiger partial charge in [0.25, 0.3) is 0 Å². The molecule has 1 unspecified atom stereocenters. The van der Waals surface area contributed by atoms with E-state index in [4.69, 9.17) is 5.11 Å². The number of carbonyl (C=O) groups is 1. The molecule has 0 fully saturated rings. The Kier molecular flexibility index (Phi) is 2.46. The van der Waals surface area contributed by atoms with Crippen LogP contribution < -0.4 is 0 Å². The molecule has 6 nitrogen and oxygen atoms in total. The number of hydrogen-bond acceptors (Lipinski definition) is 5. The molecule has 0 aliphatic carbocycles. The second-order valence-electron chi connectivity index (χ2n) is 2.97. The Labute approximate surface area is 89.2 Å². The summed E-state index contributed by atoms with van der Waals surface area (Å²) < 4.78 is 1.30. The fourth-order valence-corrected chi connectivity index (χ4v) is 1.78. The van der Waals surface area contributed by atoms with Crippen LogP contribution in [-0.4, -0.2) is 31.3 Å². The third-order valence-corrected chi connectivity index (χ3v) is 2.68. The number of carboxylic acids is 1. The fraction of sp³-hybridized carbons (Fsp3) is 0.250. The molecule has 1 N–H and O–H groups in total. The van der Waals surface area contributed by atoms with E-state index in [2.05, 4.69) is 15.5 Å². The molecule has 15 heavy (non-hydrogen) atoms. The first-order valence-corrected chi connectivity index (χ1v) is 5.17. The largest absolute Gasteiger partial charge is 0.480 e. The van der Waals surface area contributed by atoms with Gasteiger partial charge in [-0.3, -0.25) is 0 Å². The maximum Gasteiger partial charge on any atom is 0.328 e. The Morgan fingerprint density at radius 1 is 1.67 bits per heavy atom. The fourth-order valence-electron chi connectivity index (χ4n) is 1.14. The van der Waals surface area contributed by atoms with E-state index in [9.17, 15) is 4.79 Å². The van der Waals surface area contributed by atoms with Crippen molar-refractivity contribution >= 4 is 17.3 Å². The molecule has 0 amide bonds. The standard InChI is InChI=1S/C8H8N4O2S/c1-5(8(13)14)12-7(9-10-11-12)6-2-3-15-4-6/h2-5H,1H3,(H,13,14). The van der Waals surface area contributed by atoms with E-state index in [1.165, 1.54) is 22.9 Å². The molecule has 0 aromatic carbocycles. The third kappa shape index (κ3) is 1.73. The van der Waals surface area contributed by atoms with Crippen LogP contribution in [-0.2, 0) is 4.79 Å². The predicted octanol–water partition coefficient (Wildman–Crippen LogP) is 1.05. The van der Waals surface area contributed by atoms with Crippen LogP contribution in [0.2, 0.25) is 0 Å². The van der Waals surface area contributed by atoms with Gasteiger partial charge >= 0.3 is 5.97 Å². The molecule has 2 aromatic rings. The summed E-state index contributed by atoms with van der Waals surface area (Å²) in [6, 6.07) is 1.08. The summed E-state index contributed by atoms with van der Waals surface area (Å²) in [7, 11) is 0. The highest BCUT2D eigenvalue weighted by Crippen LogP contribution is 2.21. The molecule has 0 saturated carbocycles. The van der Waals surface area contributed by atoms with Crippen LogP contribution >= 0.6 is 11.3 Å². The highest BCUT2D eigenvalue weighted by atomic mass is 32.1. The normalized spacial score (nSPS) is 12.6. The first-order chi connectivity index (χ1) is 7.20. The van der Waals surface area contributed by atoms with Crippen molar-refractivity contribution in [1.82, 2.24) is 20.2 Å². The van der Waals surface area contributed by atoms with E-state index < -0.39 is 12.0 Å². The molecule has 7 heteroatoms. The number of nitrogens with zero attached hydrogens (tertiary/aromatic N) is 4. The van der Waals surface area contributed by atoms with Crippen LogP contribution in [0.3, 0.4) is 0 Å². The number of hydrogen-bond donors (Lipinski definition) is 1. The Balaban J connectivity index is 2.43. The van der Waals surface area contributed by atoms with Gasteiger partial charge in [0.1, 0.15) is 0 Å². The molecule has 2 aromatic heterocycles. The van der Waals surface area contributed by atoms with Crippen LogP contribution in [0.1, 0.15) is 13.0 Å². The van der Waals surface area contributed by atoms with Gasteiger partial charge in [-0.15, -0.1) is 5.10 Å². The monoisotopic (exact) mass is 224 g/mol. The van der Waals surface area contributed by atoms with Crippen molar-refractivity contribution in [3.8, 4) is 11.4 Å². The van der Waals surface area contributed by atoms with Crippen molar-refractivity contribution in [1.29, 1.82) is 0 Å². The second-order valence-corrected chi connectivity index (χ2v) is 3.75. The van der Waals surface area contributed by atoms with Crippen molar-refractivity contribution < 1.29 is 9.90 Å². The van der Waals surface area contributed by atoms with Gasteiger partial charge in [-0.1, -0.05) is 0 Å². The van der Waals surface area contributed by atoms with Crippen LogP contribution in [0.5, 0.6) is 0 Å². The number of aromatic nitrogens is 4. The predicted molar refractivity (Wildman–Crippen MR) is 53.5 cm³/mol. The lowest BCUT2D eigenvalue weighted by atomic mass is 10.3. The summed E-state index contributed by atoms with van der Waals surface area (Å²) in [6.07, 6.45) is 0. The maximum absolute atomic E-state index is 10.8. The van der Waals surface area contributed by atoms with Crippen molar-refractivity contribution in [3.63, 3.8) is 0 Å². The Morgan fingerprint density at radius 2 is 2.47 bits per heavy atom. The van der Waals surface area contributed by atoms with E-state index in [0.29, 0.717) is 5.82 Å². The summed E-state index contributed by atoms with van der Waals surface area (Å²) in [4.78, 5) is 10.8. The second kappa shape index (κ2) is 3.77. The highest BCUT2D eigenvalue weighted by molar-refractivity contribution is 7.08. The molecular formula is C8H8N4O2S. The maximum atomic E-state index is 10.8. The smallest absolute Gasteiger partial charge is 0.328 e. The molecule has 1 atom stereocenters. The molecule has 0 saturated heterocycles. The van der Waals surface area contributed by atoms with Crippen LogP contribution in [0.15, 0.2) is 16.8 Å². The SMILES string of the molecule is CC(C(=O)O)n1nnnc1-c1ccsc1. The summed E-state index contributed by atoms with van der Waals surface area (Å²) in [5, 5.41) is 23.6. The summed E-state index contributed by atoms with van der Waals surface area (Å²) >= 11 is 1.51. The number of thiophene rings is 1. The van der Waals surface area contributed by atoms with Gasteiger partial charge in [0.2, 0.25) is 0 Å². The van der Waals surface area contributed by atoms with Crippen molar-refractivity contribution in [2.75, 3.05) is 0 Å². The molecule has 0 bridgehead atoms. The number of tetrazole rings is 1. The Hall–Kier alpha value is -1.76. The molecule has 0 radical (unpaired) electrons. The molecule has 0 aliphatic rings. The van der Waals surface area contributed by atoms with Crippen LogP contribution in [0, 0.1) is 0 Å². The van der Waals surface area contributed by atoms with Gasteiger partial charge in [0.05, 0.1) is 0 Å². The van der Waals surface area contributed by atoms with Crippen LogP contribution in [0.25, 0.3) is 11.4 Å². The van der Waals surface area contributed by atoms with Gasteiger partial charge in [-0.05, 0) is 28.8 Å². The summed E-state index contributed by atoms with van der Waals surface area (Å²) in [5.41, 5.74) is 0.832. The highest BCUT2D eigenvalue weighted by Gasteiger charge is 2.20. The van der Waals surface area contributed by atoms with E-state index in [-0.39, 0.29) is 0 Å². The minimum absolute atomic E-state index is 0.478. The summed E-state index contributed by atoms with van der Waals surface area (Å²) in [6.45, 7) is 1.54. The number of rotatable bonds is 3. The van der Waals surface area contributed by atoms with E-state index in [1.54, 1.807) is 0 Å². The topological polar surface area (TPSA) is 80.9 Å². The zero-order valence-electron chi connectivity index (χ0n) is 7.86. The van der Waals surface area contributed by atoms with Crippen molar-refractivity contribution in [2.45, 2.75) is 13.0 Å². The van der Waals surface area contributed by atoms with Gasteiger partial charge in [-0.2, -0.15) is 11.3 Å². The third-order valence-electron chi connectivity index (χ3n) is 2.00. The van der Waals surface area contributed by atoms with Gasteiger partial charge in [0, 0.05) is 10.9 Å². The minimum Gasteiger partial charge on any atom is -0.480 e. The van der Waals surface area contributed by atoms with E-state index >= 15 is 0 Å². The zero-order chi connectivity index (χ0) is 10.8. The molecule has 2 heterocycles. The van der Waals surface area contributed by atoms with Gasteiger partial charge in [0.15, 0.2) is 11.9 Å². The minimum atomic E-state index is -0.959. The molecule has 0 spiro atoms. The lowest BCUT2D eigenvalue weighted by Crippen LogP contribution is -2.17. The number of carboxylic acid groups (broad SMARTS) is 1. The zero-order valence-corrected chi connectivity index (χ0v) is 8.68. The average Bonchev–Trinajstić information content (AvgIpc) is 2.86. The lowest BCUT2D eigenvalue weighted by Gasteiger charge is -2.06. The Morgan fingerprint density at radius 3 is 3.07 bits per heavy atom. The average molecular weight is 224 g/mol. The van der Waals surface area contributed by atoms with Gasteiger partial charge < -0.3 is 5.11 Å². The molecule has 2 rings (SSSR count). The first-order valence-electron chi connectivity index (χ1n) is 4.23. The lowest BCUT2D eigenvalue weighted by molar-refractivity contribution is -0.140. The Bertz CT molecular complexity index is 465. The van der Waals surface area contributed by atoms with Crippen LogP contribution in [0.4, 0.5) is 0 Å². The first kappa shape index (κ1) is 9.78. The van der Waals surface area contributed by atoms with Crippen molar-refractivity contribution in [2.24, 2.45) is 0 Å². The van der Waals surface area contributed by atoms with Gasteiger partial charge in [-0.25, -0.2) is 9.48 Å². The molecular weight excluding hydrogens is 216 g/mol.